The van der Waals surface area contributed by atoms with Gasteiger partial charge in [-0.2, -0.15) is 13.2 Å². The number of aliphatic hydroxyl groups excluding tert-OH is 2. The molecule has 3 N–H and O–H groups in total. The maximum atomic E-state index is 12.8. The molecule has 0 heterocycles. The number of nitrogens with one attached hydrogen (secondary N) is 1. The van der Waals surface area contributed by atoms with Gasteiger partial charge in [0.25, 0.3) is 0 Å². The predicted molar refractivity (Wildman–Crippen MR) is 59.7 cm³/mol. The fourth-order valence-electron chi connectivity index (χ4n) is 1.40. The minimum atomic E-state index is -5.11. The quantitative estimate of drug-likeness (QED) is 0.729. The Morgan fingerprint density at radius 1 is 1.14 bits per heavy atom. The Morgan fingerprint density at radius 2 is 1.76 bits per heavy atom. The van der Waals surface area contributed by atoms with E-state index in [0.29, 0.717) is 6.07 Å². The molecule has 1 unspecified atom stereocenters. The smallest absolute Gasteiger partial charge is 0.406 e. The number of anilines is 1. The van der Waals surface area contributed by atoms with E-state index < -0.39 is 48.8 Å². The van der Waals surface area contributed by atoms with Gasteiger partial charge in [0.15, 0.2) is 0 Å². The maximum Gasteiger partial charge on any atom is 0.573 e. The molecule has 21 heavy (non-hydrogen) atoms. The summed E-state index contributed by atoms with van der Waals surface area (Å²) < 4.78 is 77.7. The molecule has 0 aromatic heterocycles. The first-order valence-corrected chi connectivity index (χ1v) is 5.52. The standard InChI is InChI=1S/C11H11F6NO3/c12-10(13,14)8-3-7(21-11(15,16)17)1-2-9(8)18-4-6(20)5-19/h1-3,6,18-20H,4-5H2. The lowest BCUT2D eigenvalue weighted by molar-refractivity contribution is -0.274. The lowest BCUT2D eigenvalue weighted by Crippen LogP contribution is -2.24. The Kier molecular flexibility index (Phi) is 5.29. The second-order valence-corrected chi connectivity index (χ2v) is 3.97. The molecule has 1 rings (SSSR count). The largest absolute Gasteiger partial charge is 0.573 e. The first-order chi connectivity index (χ1) is 9.53. The Labute approximate surface area is 115 Å². The third-order valence-electron chi connectivity index (χ3n) is 2.27. The number of rotatable bonds is 5. The van der Waals surface area contributed by atoms with Crippen LogP contribution >= 0.6 is 0 Å². The number of aliphatic hydroxyl groups is 2. The van der Waals surface area contributed by atoms with Crippen LogP contribution in [0.15, 0.2) is 18.2 Å². The van der Waals surface area contributed by atoms with E-state index in [4.69, 9.17) is 10.2 Å². The molecule has 1 atom stereocenters. The molecule has 0 spiro atoms. The molecular weight excluding hydrogens is 308 g/mol. The average molecular weight is 319 g/mol. The van der Waals surface area contributed by atoms with Crippen LogP contribution in [0, 0.1) is 0 Å². The van der Waals surface area contributed by atoms with E-state index in [0.717, 1.165) is 6.07 Å². The summed E-state index contributed by atoms with van der Waals surface area (Å²) in [7, 11) is 0. The van der Waals surface area contributed by atoms with Crippen LogP contribution in [0.25, 0.3) is 0 Å². The number of alkyl halides is 6. The normalized spacial score (nSPS) is 13.9. The van der Waals surface area contributed by atoms with Crippen LogP contribution in [0.3, 0.4) is 0 Å². The zero-order chi connectivity index (χ0) is 16.3. The summed E-state index contributed by atoms with van der Waals surface area (Å²) in [4.78, 5) is 0. The fraction of sp³-hybridized carbons (Fsp3) is 0.455. The van der Waals surface area contributed by atoms with Crippen molar-refractivity contribution in [1.82, 2.24) is 0 Å². The number of hydrogen-bond donors (Lipinski definition) is 3. The van der Waals surface area contributed by atoms with Crippen LogP contribution in [0.5, 0.6) is 5.75 Å². The number of ether oxygens (including phenoxy) is 1. The predicted octanol–water partition coefficient (Wildman–Crippen LogP) is 2.37. The molecule has 0 aliphatic rings. The van der Waals surface area contributed by atoms with Crippen molar-refractivity contribution >= 4 is 5.69 Å². The van der Waals surface area contributed by atoms with Gasteiger partial charge in [-0.25, -0.2) is 0 Å². The summed E-state index contributed by atoms with van der Waals surface area (Å²) in [5, 5.41) is 19.8. The monoisotopic (exact) mass is 319 g/mol. The van der Waals surface area contributed by atoms with Gasteiger partial charge in [0.05, 0.1) is 18.3 Å². The Balaban J connectivity index is 3.03. The number of halogens is 6. The van der Waals surface area contributed by atoms with Gasteiger partial charge < -0.3 is 20.3 Å². The lowest BCUT2D eigenvalue weighted by Gasteiger charge is -2.18. The van der Waals surface area contributed by atoms with Crippen molar-refractivity contribution in [2.24, 2.45) is 0 Å². The van der Waals surface area contributed by atoms with Crippen molar-refractivity contribution in [1.29, 1.82) is 0 Å². The van der Waals surface area contributed by atoms with Crippen LogP contribution in [-0.2, 0) is 6.18 Å². The Hall–Kier alpha value is -1.68. The van der Waals surface area contributed by atoms with E-state index in [1.165, 1.54) is 0 Å². The second-order valence-electron chi connectivity index (χ2n) is 3.97. The second kappa shape index (κ2) is 6.39. The first kappa shape index (κ1) is 17.4. The van der Waals surface area contributed by atoms with Crippen LogP contribution in [0.2, 0.25) is 0 Å². The van der Waals surface area contributed by atoms with E-state index >= 15 is 0 Å². The highest BCUT2D eigenvalue weighted by atomic mass is 19.4. The zero-order valence-corrected chi connectivity index (χ0v) is 10.3. The molecule has 120 valence electrons. The maximum absolute atomic E-state index is 12.8. The molecule has 1 aromatic rings. The summed E-state index contributed by atoms with van der Waals surface area (Å²) in [6.07, 6.45) is -11.3. The van der Waals surface area contributed by atoms with Gasteiger partial charge in [-0.1, -0.05) is 0 Å². The van der Waals surface area contributed by atoms with E-state index in [1.807, 2.05) is 0 Å². The van der Waals surface area contributed by atoms with Crippen LogP contribution in [0.1, 0.15) is 5.56 Å². The fourth-order valence-corrected chi connectivity index (χ4v) is 1.40. The molecule has 0 fully saturated rings. The van der Waals surface area contributed by atoms with Crippen LogP contribution < -0.4 is 10.1 Å². The molecule has 4 nitrogen and oxygen atoms in total. The van der Waals surface area contributed by atoms with Crippen molar-refractivity contribution in [2.75, 3.05) is 18.5 Å². The van der Waals surface area contributed by atoms with Crippen molar-refractivity contribution in [3.05, 3.63) is 23.8 Å². The van der Waals surface area contributed by atoms with Gasteiger partial charge >= 0.3 is 12.5 Å². The van der Waals surface area contributed by atoms with E-state index in [1.54, 1.807) is 0 Å². The average Bonchev–Trinajstić information content (AvgIpc) is 2.33. The molecule has 10 heteroatoms. The molecular formula is C11H11F6NO3. The van der Waals surface area contributed by atoms with Gasteiger partial charge in [-0.15, -0.1) is 13.2 Å². The van der Waals surface area contributed by atoms with E-state index in [2.05, 4.69) is 10.1 Å². The van der Waals surface area contributed by atoms with Gasteiger partial charge in [0.2, 0.25) is 0 Å². The SMILES string of the molecule is OCC(O)CNc1ccc(OC(F)(F)F)cc1C(F)(F)F. The Bertz CT molecular complexity index is 474. The lowest BCUT2D eigenvalue weighted by atomic mass is 10.1. The molecule has 0 amide bonds. The summed E-state index contributed by atoms with van der Waals surface area (Å²) in [6.45, 7) is -1.08. The highest BCUT2D eigenvalue weighted by molar-refractivity contribution is 5.55. The van der Waals surface area contributed by atoms with E-state index in [-0.39, 0.29) is 6.07 Å². The van der Waals surface area contributed by atoms with E-state index in [9.17, 15) is 26.3 Å². The minimum Gasteiger partial charge on any atom is -0.406 e. The molecule has 0 aliphatic heterocycles. The molecule has 0 aliphatic carbocycles. The summed E-state index contributed by atoms with van der Waals surface area (Å²) in [5.41, 5.74) is -1.92. The topological polar surface area (TPSA) is 61.7 Å². The zero-order valence-electron chi connectivity index (χ0n) is 10.3. The first-order valence-electron chi connectivity index (χ1n) is 5.52. The molecule has 0 saturated heterocycles. The number of benzene rings is 1. The van der Waals surface area contributed by atoms with Crippen LogP contribution in [0.4, 0.5) is 32.0 Å². The summed E-state index contributed by atoms with van der Waals surface area (Å²) in [6, 6.07) is 1.64. The minimum absolute atomic E-state index is 0.196. The van der Waals surface area contributed by atoms with Crippen molar-refractivity contribution in [2.45, 2.75) is 18.6 Å². The van der Waals surface area contributed by atoms with Crippen molar-refractivity contribution in [3.8, 4) is 5.75 Å². The van der Waals surface area contributed by atoms with Crippen molar-refractivity contribution < 1.29 is 41.3 Å². The molecule has 0 radical (unpaired) electrons. The summed E-state index contributed by atoms with van der Waals surface area (Å²) >= 11 is 0. The third-order valence-corrected chi connectivity index (χ3v) is 2.27. The van der Waals surface area contributed by atoms with Gasteiger partial charge in [0.1, 0.15) is 5.75 Å². The Morgan fingerprint density at radius 3 is 2.24 bits per heavy atom. The third kappa shape index (κ3) is 5.68. The number of hydrogen-bond acceptors (Lipinski definition) is 4. The highest BCUT2D eigenvalue weighted by Crippen LogP contribution is 2.38. The van der Waals surface area contributed by atoms with Crippen LogP contribution in [-0.4, -0.2) is 35.8 Å². The summed E-state index contributed by atoms with van der Waals surface area (Å²) in [5.74, 6) is -1.01. The molecule has 0 saturated carbocycles. The van der Waals surface area contributed by atoms with Gasteiger partial charge in [0, 0.05) is 12.2 Å². The molecule has 0 bridgehead atoms. The highest BCUT2D eigenvalue weighted by Gasteiger charge is 2.36. The molecule has 1 aromatic carbocycles. The van der Waals surface area contributed by atoms with Gasteiger partial charge in [-0.05, 0) is 18.2 Å². The van der Waals surface area contributed by atoms with Gasteiger partial charge in [-0.3, -0.25) is 0 Å². The van der Waals surface area contributed by atoms with Crippen molar-refractivity contribution in [3.63, 3.8) is 0 Å².